The van der Waals surface area contributed by atoms with E-state index in [1.165, 1.54) is 11.1 Å². The minimum Gasteiger partial charge on any atom is -0.466 e. The van der Waals surface area contributed by atoms with Crippen molar-refractivity contribution in [3.63, 3.8) is 0 Å². The van der Waals surface area contributed by atoms with Gasteiger partial charge in [0.05, 0.1) is 13.0 Å². The second kappa shape index (κ2) is 7.10. The molecule has 0 radical (unpaired) electrons. The number of hydrogen-bond donors (Lipinski definition) is 0. The van der Waals surface area contributed by atoms with Gasteiger partial charge in [0.25, 0.3) is 0 Å². The van der Waals surface area contributed by atoms with Crippen LogP contribution in [0.2, 0.25) is 0 Å². The highest BCUT2D eigenvalue weighted by molar-refractivity contribution is 5.70. The van der Waals surface area contributed by atoms with Crippen molar-refractivity contribution in [3.05, 3.63) is 35.4 Å². The molecule has 0 bridgehead atoms. The van der Waals surface area contributed by atoms with Crippen molar-refractivity contribution in [3.8, 4) is 0 Å². The third kappa shape index (κ3) is 5.03. The Balaban J connectivity index is 2.40. The predicted octanol–water partition coefficient (Wildman–Crippen LogP) is 3.83. The Bertz CT molecular complexity index is 340. The summed E-state index contributed by atoms with van der Waals surface area (Å²) in [6, 6.07) is 8.32. The molecule has 2 nitrogen and oxygen atoms in total. The first-order chi connectivity index (χ1) is 8.13. The van der Waals surface area contributed by atoms with Crippen LogP contribution in [0.15, 0.2) is 24.3 Å². The highest BCUT2D eigenvalue weighted by Gasteiger charge is 2.11. The topological polar surface area (TPSA) is 26.3 Å². The van der Waals surface area contributed by atoms with Crippen LogP contribution in [-0.2, 0) is 9.53 Å². The Hall–Kier alpha value is -1.31. The highest BCUT2D eigenvalue weighted by atomic mass is 16.5. The average Bonchev–Trinajstić information content (AvgIpc) is 2.30. The zero-order valence-corrected chi connectivity index (χ0v) is 11.0. The molecule has 1 rings (SSSR count). The van der Waals surface area contributed by atoms with E-state index >= 15 is 0 Å². The first-order valence-corrected chi connectivity index (χ1v) is 6.35. The SMILES string of the molecule is CCCCOC(=O)CC(C)c1ccc(C)cc1. The fraction of sp³-hybridized carbons (Fsp3) is 0.533. The summed E-state index contributed by atoms with van der Waals surface area (Å²) in [5.74, 6) is 0.135. The number of benzene rings is 1. The lowest BCUT2D eigenvalue weighted by molar-refractivity contribution is -0.144. The zero-order chi connectivity index (χ0) is 12.7. The summed E-state index contributed by atoms with van der Waals surface area (Å²) in [6.07, 6.45) is 2.47. The van der Waals surface area contributed by atoms with Crippen LogP contribution in [0, 0.1) is 6.92 Å². The molecule has 0 aliphatic heterocycles. The smallest absolute Gasteiger partial charge is 0.306 e. The van der Waals surface area contributed by atoms with Gasteiger partial charge in [0, 0.05) is 0 Å². The van der Waals surface area contributed by atoms with Gasteiger partial charge < -0.3 is 4.74 Å². The van der Waals surface area contributed by atoms with Crippen molar-refractivity contribution in [1.29, 1.82) is 0 Å². The molecule has 1 atom stereocenters. The van der Waals surface area contributed by atoms with Crippen LogP contribution in [0.25, 0.3) is 0 Å². The van der Waals surface area contributed by atoms with E-state index in [4.69, 9.17) is 4.74 Å². The molecule has 94 valence electrons. The normalized spacial score (nSPS) is 12.2. The maximum absolute atomic E-state index is 11.5. The Morgan fingerprint density at radius 3 is 2.53 bits per heavy atom. The molecule has 0 saturated heterocycles. The highest BCUT2D eigenvalue weighted by Crippen LogP contribution is 2.19. The Morgan fingerprint density at radius 1 is 1.29 bits per heavy atom. The third-order valence-electron chi connectivity index (χ3n) is 2.88. The summed E-state index contributed by atoms with van der Waals surface area (Å²) < 4.78 is 5.16. The third-order valence-corrected chi connectivity index (χ3v) is 2.88. The lowest BCUT2D eigenvalue weighted by atomic mass is 9.97. The fourth-order valence-corrected chi connectivity index (χ4v) is 1.65. The summed E-state index contributed by atoms with van der Waals surface area (Å²) in [4.78, 5) is 11.5. The van der Waals surface area contributed by atoms with Gasteiger partial charge in [-0.1, -0.05) is 50.1 Å². The first kappa shape index (κ1) is 13.8. The number of unbranched alkanes of at least 4 members (excludes halogenated alkanes) is 1. The molecular weight excluding hydrogens is 212 g/mol. The number of ether oxygens (including phenoxy) is 1. The Labute approximate surface area is 104 Å². The minimum absolute atomic E-state index is 0.0912. The molecule has 0 aliphatic carbocycles. The zero-order valence-electron chi connectivity index (χ0n) is 11.0. The minimum atomic E-state index is -0.0912. The van der Waals surface area contributed by atoms with Crippen LogP contribution in [0.3, 0.4) is 0 Å². The molecule has 0 saturated carbocycles. The number of esters is 1. The molecule has 0 spiro atoms. The van der Waals surface area contributed by atoms with Crippen molar-refractivity contribution < 1.29 is 9.53 Å². The lowest BCUT2D eigenvalue weighted by Gasteiger charge is -2.11. The van der Waals surface area contributed by atoms with E-state index in [1.54, 1.807) is 0 Å². The number of carbonyl (C=O) groups excluding carboxylic acids is 1. The van der Waals surface area contributed by atoms with Crippen molar-refractivity contribution in [1.82, 2.24) is 0 Å². The summed E-state index contributed by atoms with van der Waals surface area (Å²) in [5.41, 5.74) is 2.44. The van der Waals surface area contributed by atoms with E-state index in [1.807, 2.05) is 0 Å². The van der Waals surface area contributed by atoms with Crippen LogP contribution in [0.5, 0.6) is 0 Å². The molecule has 1 unspecified atom stereocenters. The van der Waals surface area contributed by atoms with Crippen LogP contribution in [0.4, 0.5) is 0 Å². The molecule has 0 heterocycles. The number of carbonyl (C=O) groups is 1. The quantitative estimate of drug-likeness (QED) is 0.552. The molecule has 0 N–H and O–H groups in total. The van der Waals surface area contributed by atoms with Gasteiger partial charge in [0.15, 0.2) is 0 Å². The van der Waals surface area contributed by atoms with Crippen LogP contribution < -0.4 is 0 Å². The van der Waals surface area contributed by atoms with Crippen molar-refractivity contribution >= 4 is 5.97 Å². The van der Waals surface area contributed by atoms with Gasteiger partial charge in [-0.3, -0.25) is 4.79 Å². The van der Waals surface area contributed by atoms with Gasteiger partial charge in [-0.25, -0.2) is 0 Å². The molecule has 2 heteroatoms. The second-order valence-electron chi connectivity index (χ2n) is 4.59. The first-order valence-electron chi connectivity index (χ1n) is 6.35. The predicted molar refractivity (Wildman–Crippen MR) is 70.1 cm³/mol. The largest absolute Gasteiger partial charge is 0.466 e. The molecule has 1 aromatic carbocycles. The van der Waals surface area contributed by atoms with E-state index in [2.05, 4.69) is 45.0 Å². The van der Waals surface area contributed by atoms with Gasteiger partial charge >= 0.3 is 5.97 Å². The van der Waals surface area contributed by atoms with Crippen LogP contribution in [-0.4, -0.2) is 12.6 Å². The van der Waals surface area contributed by atoms with E-state index in [0.29, 0.717) is 13.0 Å². The van der Waals surface area contributed by atoms with Gasteiger partial charge in [0.2, 0.25) is 0 Å². The number of rotatable bonds is 6. The van der Waals surface area contributed by atoms with Gasteiger partial charge in [-0.2, -0.15) is 0 Å². The monoisotopic (exact) mass is 234 g/mol. The van der Waals surface area contributed by atoms with Crippen molar-refractivity contribution in [2.75, 3.05) is 6.61 Å². The van der Waals surface area contributed by atoms with E-state index in [0.717, 1.165) is 12.8 Å². The number of aryl methyl sites for hydroxylation is 1. The maximum Gasteiger partial charge on any atom is 0.306 e. The van der Waals surface area contributed by atoms with E-state index < -0.39 is 0 Å². The Kier molecular flexibility index (Phi) is 5.75. The fourth-order valence-electron chi connectivity index (χ4n) is 1.65. The molecule has 0 aliphatic rings. The molecule has 1 aromatic rings. The summed E-state index contributed by atoms with van der Waals surface area (Å²) >= 11 is 0. The van der Waals surface area contributed by atoms with Crippen molar-refractivity contribution in [2.24, 2.45) is 0 Å². The van der Waals surface area contributed by atoms with Crippen LogP contribution in [0.1, 0.15) is 50.2 Å². The molecule has 0 amide bonds. The van der Waals surface area contributed by atoms with E-state index in [9.17, 15) is 4.79 Å². The van der Waals surface area contributed by atoms with Gasteiger partial charge in [0.1, 0.15) is 0 Å². The van der Waals surface area contributed by atoms with Gasteiger partial charge in [-0.05, 0) is 24.8 Å². The summed E-state index contributed by atoms with van der Waals surface area (Å²) in [6.45, 7) is 6.76. The molecule has 0 aromatic heterocycles. The molecule has 0 fully saturated rings. The molecule has 17 heavy (non-hydrogen) atoms. The van der Waals surface area contributed by atoms with Gasteiger partial charge in [-0.15, -0.1) is 0 Å². The average molecular weight is 234 g/mol. The van der Waals surface area contributed by atoms with E-state index in [-0.39, 0.29) is 11.9 Å². The van der Waals surface area contributed by atoms with Crippen molar-refractivity contribution in [2.45, 2.75) is 46.0 Å². The molecular formula is C15H22O2. The second-order valence-corrected chi connectivity index (χ2v) is 4.59. The standard InChI is InChI=1S/C15H22O2/c1-4-5-10-17-15(16)11-13(3)14-8-6-12(2)7-9-14/h6-9,13H,4-5,10-11H2,1-3H3. The van der Waals surface area contributed by atoms with Crippen LogP contribution >= 0.6 is 0 Å². The summed E-state index contributed by atoms with van der Waals surface area (Å²) in [7, 11) is 0. The maximum atomic E-state index is 11.5. The number of hydrogen-bond acceptors (Lipinski definition) is 2. The summed E-state index contributed by atoms with van der Waals surface area (Å²) in [5, 5.41) is 0. The lowest BCUT2D eigenvalue weighted by Crippen LogP contribution is -2.09. The Morgan fingerprint density at radius 2 is 1.94 bits per heavy atom.